The Labute approximate surface area is 255 Å². The Bertz CT molecular complexity index is 1160. The van der Waals surface area contributed by atoms with E-state index in [4.69, 9.17) is 19.7 Å². The molecule has 14 heteroatoms. The van der Waals surface area contributed by atoms with E-state index in [1.807, 2.05) is 6.92 Å². The Hall–Kier alpha value is -3.43. The van der Waals surface area contributed by atoms with Crippen molar-refractivity contribution >= 4 is 18.0 Å². The third kappa shape index (κ3) is 7.80. The molecule has 1 aromatic carbocycles. The van der Waals surface area contributed by atoms with Gasteiger partial charge in [0.1, 0.15) is 18.4 Å². The smallest absolute Gasteiger partial charge is 0.329 e. The van der Waals surface area contributed by atoms with Crippen LogP contribution in [0.2, 0.25) is 0 Å². The van der Waals surface area contributed by atoms with Crippen LogP contribution in [-0.2, 0) is 9.47 Å². The molecule has 4 aliphatic heterocycles. The van der Waals surface area contributed by atoms with Gasteiger partial charge >= 0.3 is 12.1 Å². The fourth-order valence-corrected chi connectivity index (χ4v) is 5.28. The summed E-state index contributed by atoms with van der Waals surface area (Å²) in [6.07, 6.45) is -0.0596. The average molecular weight is 625 g/mol. The van der Waals surface area contributed by atoms with Gasteiger partial charge in [0.2, 0.25) is 0 Å². The van der Waals surface area contributed by atoms with Crippen LogP contribution in [0.15, 0.2) is 54.6 Å². The fraction of sp³-hybridized carbons (Fsp3) is 0.567. The number of alkyl halides is 2. The van der Waals surface area contributed by atoms with Crippen LogP contribution < -0.4 is 5.32 Å². The Morgan fingerprint density at radius 3 is 2.14 bits per heavy atom. The lowest BCUT2D eigenvalue weighted by Crippen LogP contribution is -2.51. The zero-order chi connectivity index (χ0) is 32.4. The van der Waals surface area contributed by atoms with Gasteiger partial charge in [0.15, 0.2) is 18.6 Å². The average Bonchev–Trinajstić information content (AvgIpc) is 3.28. The first-order valence-electron chi connectivity index (χ1n) is 14.5. The number of halogens is 2. The summed E-state index contributed by atoms with van der Waals surface area (Å²) in [6.45, 7) is 4.23. The predicted molar refractivity (Wildman–Crippen MR) is 156 cm³/mol. The molecule has 0 aliphatic carbocycles. The van der Waals surface area contributed by atoms with Gasteiger partial charge in [-0.05, 0) is 18.6 Å². The molecule has 8 atom stereocenters. The maximum Gasteiger partial charge on any atom is 0.329 e. The summed E-state index contributed by atoms with van der Waals surface area (Å²) in [5.41, 5.74) is 0.426. The molecule has 2 saturated heterocycles. The van der Waals surface area contributed by atoms with E-state index in [1.165, 1.54) is 4.90 Å². The number of hydrogen-bond donors (Lipinski definition) is 4. The predicted octanol–water partition coefficient (Wildman–Crippen LogP) is 1.82. The van der Waals surface area contributed by atoms with Gasteiger partial charge in [-0.2, -0.15) is 0 Å². The number of hydrogen-bond acceptors (Lipinski definition) is 8. The zero-order valence-corrected chi connectivity index (χ0v) is 25.0. The Balaban J connectivity index is 0.000000243. The highest BCUT2D eigenvalue weighted by Gasteiger charge is 2.48. The molecule has 5 amide bonds. The summed E-state index contributed by atoms with van der Waals surface area (Å²) in [5, 5.41) is 27.9. The molecule has 0 unspecified atom stereocenters. The second-order valence-electron chi connectivity index (χ2n) is 10.5. The van der Waals surface area contributed by atoms with Crippen molar-refractivity contribution < 1.29 is 48.0 Å². The molecule has 0 bridgehead atoms. The summed E-state index contributed by atoms with van der Waals surface area (Å²) in [5.74, 6) is -0.677. The molecule has 5 rings (SSSR count). The molecule has 0 radical (unpaired) electrons. The van der Waals surface area contributed by atoms with Gasteiger partial charge in [-0.15, -0.1) is 0 Å². The lowest BCUT2D eigenvalue weighted by atomic mass is 9.99. The Morgan fingerprint density at radius 1 is 0.932 bits per heavy atom. The standard InChI is InChI=1S/C19H23FN2O3.C10H15FN2O4.CH4O/c1-3-15-13(2)16(20)18(25-15)22-12-8-7-11-21(19(22)24)17(23)14-9-5-4-6-10-14;11-7-8(15)6(5-14)17-9(7)13-4-2-1-3-12-10(13)16;1-2/h4-10,13,15-16,18H,3,11-12H2,1-2H3;1-2,6-9,14-15H,3-5H2,(H,12,16);2H,1H3/t13-,15-,16+,18-;6-,7+,8-,9-;/m11./s1. The van der Waals surface area contributed by atoms with E-state index in [1.54, 1.807) is 61.6 Å². The minimum atomic E-state index is -1.72. The van der Waals surface area contributed by atoms with Crippen LogP contribution in [0.3, 0.4) is 0 Å². The summed E-state index contributed by atoms with van der Waals surface area (Å²) < 4.78 is 39.4. The summed E-state index contributed by atoms with van der Waals surface area (Å²) in [6, 6.07) is 7.65. The maximum atomic E-state index is 14.7. The van der Waals surface area contributed by atoms with E-state index < -0.39 is 61.6 Å². The van der Waals surface area contributed by atoms with Crippen molar-refractivity contribution in [3.05, 3.63) is 60.2 Å². The van der Waals surface area contributed by atoms with E-state index in [9.17, 15) is 28.3 Å². The second kappa shape index (κ2) is 16.6. The number of carbonyl (C=O) groups excluding carboxylic acids is 3. The van der Waals surface area contributed by atoms with Crippen LogP contribution in [0.25, 0.3) is 0 Å². The third-order valence-electron chi connectivity index (χ3n) is 7.77. The number of benzene rings is 1. The second-order valence-corrected chi connectivity index (χ2v) is 10.5. The molecule has 12 nitrogen and oxygen atoms in total. The minimum Gasteiger partial charge on any atom is -0.400 e. The van der Waals surface area contributed by atoms with E-state index in [0.29, 0.717) is 18.5 Å². The highest BCUT2D eigenvalue weighted by Crippen LogP contribution is 2.34. The quantitative estimate of drug-likeness (QED) is 0.362. The first kappa shape index (κ1) is 35.1. The highest BCUT2D eigenvalue weighted by atomic mass is 19.1. The first-order chi connectivity index (χ1) is 21.2. The number of nitrogens with zero attached hydrogens (tertiary/aromatic N) is 3. The van der Waals surface area contributed by atoms with Crippen molar-refractivity contribution in [3.8, 4) is 0 Å². The van der Waals surface area contributed by atoms with Crippen LogP contribution in [0.5, 0.6) is 0 Å². The molecule has 4 N–H and O–H groups in total. The zero-order valence-electron chi connectivity index (χ0n) is 25.0. The van der Waals surface area contributed by atoms with Crippen LogP contribution in [0.4, 0.5) is 18.4 Å². The number of aliphatic hydroxyl groups is 3. The SMILES string of the molecule is CC[C@H]1O[C@@H](N2CC=CCN(C(=O)c3ccccc3)C2=O)[C@@H](F)[C@@H]1C.CO.O=C1NCC=CCN1[C@@H]1O[C@H](CO)[C@@H](O)[C@@H]1F. The van der Waals surface area contributed by atoms with Crippen LogP contribution >= 0.6 is 0 Å². The van der Waals surface area contributed by atoms with Gasteiger partial charge in [0.25, 0.3) is 5.91 Å². The molecular formula is C30H42F2N4O8. The van der Waals surface area contributed by atoms with Gasteiger partial charge in [0, 0.05) is 44.8 Å². The topological polar surface area (TPSA) is 152 Å². The molecule has 4 heterocycles. The largest absolute Gasteiger partial charge is 0.400 e. The van der Waals surface area contributed by atoms with E-state index in [0.717, 1.165) is 16.9 Å². The lowest BCUT2D eigenvalue weighted by molar-refractivity contribution is -0.0672. The highest BCUT2D eigenvalue weighted by molar-refractivity contribution is 6.04. The van der Waals surface area contributed by atoms with Gasteiger partial charge < -0.3 is 30.1 Å². The molecule has 2 fully saturated rings. The van der Waals surface area contributed by atoms with Crippen LogP contribution in [-0.4, -0.2) is 131 Å². The van der Waals surface area contributed by atoms with Crippen molar-refractivity contribution in [1.82, 2.24) is 20.0 Å². The molecule has 44 heavy (non-hydrogen) atoms. The van der Waals surface area contributed by atoms with Gasteiger partial charge in [0.05, 0.1) is 12.7 Å². The first-order valence-corrected chi connectivity index (χ1v) is 14.5. The van der Waals surface area contributed by atoms with Crippen molar-refractivity contribution in [2.45, 2.75) is 63.4 Å². The minimum absolute atomic E-state index is 0.166. The Morgan fingerprint density at radius 2 is 1.52 bits per heavy atom. The third-order valence-corrected chi connectivity index (χ3v) is 7.77. The molecule has 0 aromatic heterocycles. The molecule has 4 aliphatic rings. The molecule has 1 aromatic rings. The van der Waals surface area contributed by atoms with Crippen molar-refractivity contribution in [2.75, 3.05) is 39.9 Å². The number of aliphatic hydroxyl groups excluding tert-OH is 3. The van der Waals surface area contributed by atoms with Crippen molar-refractivity contribution in [2.24, 2.45) is 5.92 Å². The summed E-state index contributed by atoms with van der Waals surface area (Å²) >= 11 is 0. The van der Waals surface area contributed by atoms with E-state index in [2.05, 4.69) is 5.32 Å². The monoisotopic (exact) mass is 624 g/mol. The number of urea groups is 2. The van der Waals surface area contributed by atoms with Crippen LogP contribution in [0.1, 0.15) is 30.6 Å². The van der Waals surface area contributed by atoms with Gasteiger partial charge in [-0.1, -0.05) is 56.4 Å². The fourth-order valence-electron chi connectivity index (χ4n) is 5.28. The van der Waals surface area contributed by atoms with Gasteiger partial charge in [-0.25, -0.2) is 18.4 Å². The van der Waals surface area contributed by atoms with Gasteiger partial charge in [-0.3, -0.25) is 19.5 Å². The molecular weight excluding hydrogens is 582 g/mol. The normalized spacial score (nSPS) is 31.8. The molecule has 0 saturated carbocycles. The van der Waals surface area contributed by atoms with Crippen molar-refractivity contribution in [1.29, 1.82) is 0 Å². The summed E-state index contributed by atoms with van der Waals surface area (Å²) in [7, 11) is 1.00. The molecule has 0 spiro atoms. The van der Waals surface area contributed by atoms with Crippen molar-refractivity contribution in [3.63, 3.8) is 0 Å². The number of nitrogens with one attached hydrogen (secondary N) is 1. The lowest BCUT2D eigenvalue weighted by Gasteiger charge is -2.31. The number of imide groups is 1. The summed E-state index contributed by atoms with van der Waals surface area (Å²) in [4.78, 5) is 40.9. The van der Waals surface area contributed by atoms with Crippen LogP contribution in [0, 0.1) is 5.92 Å². The van der Waals surface area contributed by atoms with E-state index >= 15 is 0 Å². The number of carbonyl (C=O) groups is 3. The maximum absolute atomic E-state index is 14.7. The number of rotatable bonds is 5. The molecule has 244 valence electrons. The number of ether oxygens (including phenoxy) is 2. The van der Waals surface area contributed by atoms with E-state index in [-0.39, 0.29) is 31.7 Å². The number of amides is 5. The Kier molecular flexibility index (Phi) is 13.2.